The smallest absolute Gasteiger partial charge is 0.415 e. The van der Waals surface area contributed by atoms with Gasteiger partial charge >= 0.3 is 12.1 Å². The molecule has 4 aromatic rings. The molecule has 1 aromatic heterocycles. The number of ether oxygens (including phenoxy) is 4. The molecule has 274 valence electrons. The molecule has 7 rings (SSSR count). The van der Waals surface area contributed by atoms with Crippen molar-refractivity contribution in [3.63, 3.8) is 0 Å². The Morgan fingerprint density at radius 1 is 0.981 bits per heavy atom. The fraction of sp³-hybridized carbons (Fsp3) is 0.342. The molecule has 1 amide bonds. The van der Waals surface area contributed by atoms with E-state index >= 15 is 4.39 Å². The quantitative estimate of drug-likeness (QED) is 0.119. The third-order valence-corrected chi connectivity index (χ3v) is 10.5. The predicted molar refractivity (Wildman–Crippen MR) is 192 cm³/mol. The summed E-state index contributed by atoms with van der Waals surface area (Å²) in [6, 6.07) is 14.1. The molecule has 0 saturated carbocycles. The molecule has 3 aromatic carbocycles. The number of carbonyl (C=O) groups is 2. The van der Waals surface area contributed by atoms with Gasteiger partial charge in [0.1, 0.15) is 21.9 Å². The number of pyridine rings is 1. The zero-order chi connectivity index (χ0) is 37.1. The molecule has 0 aliphatic carbocycles. The van der Waals surface area contributed by atoms with E-state index in [4.69, 9.17) is 42.1 Å². The first-order chi connectivity index (χ1) is 25.0. The number of hydrogen-bond acceptors (Lipinski definition) is 8. The lowest BCUT2D eigenvalue weighted by atomic mass is 9.82. The van der Waals surface area contributed by atoms with Gasteiger partial charge in [0.05, 0.1) is 39.1 Å². The summed E-state index contributed by atoms with van der Waals surface area (Å²) in [4.78, 5) is 30.2. The standard InChI is InChI=1S/C38H38Cl2FN3O8/c1-49-25-6-8-33(32(41)16-25)44(38(47)52-36-21-42-12-10-23(36)11-13-42)18-22-4-7-26(37(45)46)28(14-22)27(17-29-30(39)19-43(48)20-31(29)40)24-5-9-34(50-2)35(15-24)51-3/h4-9,14-16,19-20,23,27,36H,10-13,17-18,21H2,1-3H3,(H,45,46)/t27-,36-/m0/s1. The van der Waals surface area contributed by atoms with E-state index in [1.165, 1.54) is 56.8 Å². The number of piperidine rings is 3. The Balaban J connectivity index is 1.44. The van der Waals surface area contributed by atoms with Crippen molar-refractivity contribution in [3.05, 3.63) is 116 Å². The highest BCUT2D eigenvalue weighted by Gasteiger charge is 2.38. The summed E-state index contributed by atoms with van der Waals surface area (Å²) in [5, 5.41) is 22.7. The van der Waals surface area contributed by atoms with Gasteiger partial charge < -0.3 is 29.3 Å². The largest absolute Gasteiger partial charge is 0.619 e. The minimum absolute atomic E-state index is 0.0253. The zero-order valence-electron chi connectivity index (χ0n) is 28.8. The number of anilines is 1. The first kappa shape index (κ1) is 37.0. The van der Waals surface area contributed by atoms with Gasteiger partial charge in [-0.2, -0.15) is 4.73 Å². The molecule has 3 aliphatic heterocycles. The number of halogens is 3. The summed E-state index contributed by atoms with van der Waals surface area (Å²) >= 11 is 13.1. The van der Waals surface area contributed by atoms with Crippen LogP contribution in [0, 0.1) is 16.9 Å². The zero-order valence-corrected chi connectivity index (χ0v) is 30.3. The minimum Gasteiger partial charge on any atom is -0.619 e. The molecule has 1 N–H and O–H groups in total. The minimum atomic E-state index is -1.20. The van der Waals surface area contributed by atoms with Gasteiger partial charge in [0, 0.05) is 24.1 Å². The monoisotopic (exact) mass is 753 g/mol. The molecule has 2 atom stereocenters. The van der Waals surface area contributed by atoms with Crippen LogP contribution in [0.25, 0.3) is 0 Å². The van der Waals surface area contributed by atoms with Crippen molar-refractivity contribution >= 4 is 41.0 Å². The lowest BCUT2D eigenvalue weighted by molar-refractivity contribution is -0.605. The number of nitrogens with zero attached hydrogens (tertiary/aromatic N) is 3. The summed E-state index contributed by atoms with van der Waals surface area (Å²) in [5.41, 5.74) is 1.84. The van der Waals surface area contributed by atoms with Crippen LogP contribution in [0.4, 0.5) is 14.9 Å². The van der Waals surface area contributed by atoms with Crippen LogP contribution >= 0.6 is 23.2 Å². The molecule has 3 saturated heterocycles. The summed E-state index contributed by atoms with van der Waals surface area (Å²) in [6.07, 6.45) is 3.18. The molecule has 2 bridgehead atoms. The number of benzene rings is 3. The second kappa shape index (κ2) is 15.9. The van der Waals surface area contributed by atoms with Crippen molar-refractivity contribution in [1.29, 1.82) is 0 Å². The van der Waals surface area contributed by atoms with Crippen LogP contribution in [0.5, 0.6) is 17.2 Å². The van der Waals surface area contributed by atoms with Crippen LogP contribution in [0.15, 0.2) is 67.0 Å². The third kappa shape index (κ3) is 7.84. The molecule has 0 radical (unpaired) electrons. The van der Waals surface area contributed by atoms with Gasteiger partial charge in [0.2, 0.25) is 0 Å². The third-order valence-electron chi connectivity index (χ3n) is 9.85. The normalized spacial score (nSPS) is 18.4. The van der Waals surface area contributed by atoms with Gasteiger partial charge in [-0.25, -0.2) is 14.0 Å². The van der Waals surface area contributed by atoms with Crippen molar-refractivity contribution in [3.8, 4) is 17.2 Å². The lowest BCUT2D eigenvalue weighted by Crippen LogP contribution is -2.53. The van der Waals surface area contributed by atoms with E-state index in [9.17, 15) is 19.9 Å². The van der Waals surface area contributed by atoms with Gasteiger partial charge in [-0.1, -0.05) is 41.4 Å². The molecule has 14 heteroatoms. The SMILES string of the molecule is COc1ccc(N(Cc2ccc(C(=O)O)c([C@@H](Cc3c(Cl)c[n+]([O-])cc3Cl)c3ccc(OC)c(OC)c3)c2)C(=O)O[C@H]2CN3CCC2CC3)c(F)c1. The summed E-state index contributed by atoms with van der Waals surface area (Å²) in [7, 11) is 4.41. The highest BCUT2D eigenvalue weighted by atomic mass is 35.5. The molecule has 52 heavy (non-hydrogen) atoms. The first-order valence-corrected chi connectivity index (χ1v) is 17.4. The molecule has 0 unspecified atom stereocenters. The van der Waals surface area contributed by atoms with E-state index in [2.05, 4.69) is 4.90 Å². The van der Waals surface area contributed by atoms with Crippen LogP contribution in [-0.4, -0.2) is 69.1 Å². The lowest BCUT2D eigenvalue weighted by Gasteiger charge is -2.44. The van der Waals surface area contributed by atoms with Crippen LogP contribution in [-0.2, 0) is 17.7 Å². The average Bonchev–Trinajstić information content (AvgIpc) is 3.13. The second-order valence-corrected chi connectivity index (χ2v) is 13.7. The van der Waals surface area contributed by atoms with Crippen molar-refractivity contribution in [2.24, 2.45) is 5.92 Å². The van der Waals surface area contributed by atoms with E-state index in [1.807, 2.05) is 0 Å². The Labute approximate surface area is 310 Å². The summed E-state index contributed by atoms with van der Waals surface area (Å²) in [6.45, 7) is 2.35. The predicted octanol–water partition coefficient (Wildman–Crippen LogP) is 7.10. The number of carbonyl (C=O) groups excluding carboxylic acids is 1. The first-order valence-electron chi connectivity index (χ1n) is 16.7. The number of carboxylic acids is 1. The highest BCUT2D eigenvalue weighted by Crippen LogP contribution is 2.40. The molecular weight excluding hydrogens is 716 g/mol. The maximum absolute atomic E-state index is 15.7. The van der Waals surface area contributed by atoms with E-state index < -0.39 is 23.8 Å². The number of methoxy groups -OCH3 is 3. The van der Waals surface area contributed by atoms with Gasteiger partial charge in [0.25, 0.3) is 0 Å². The highest BCUT2D eigenvalue weighted by molar-refractivity contribution is 6.35. The molecular formula is C38H38Cl2FN3O8. The van der Waals surface area contributed by atoms with Crippen LogP contribution in [0.1, 0.15) is 51.4 Å². The summed E-state index contributed by atoms with van der Waals surface area (Å²) in [5.74, 6) is -1.26. The number of aromatic carboxylic acids is 1. The molecule has 3 aliphatic rings. The van der Waals surface area contributed by atoms with Crippen LogP contribution in [0.2, 0.25) is 10.0 Å². The Bertz CT molecular complexity index is 1950. The van der Waals surface area contributed by atoms with Gasteiger partial charge in [-0.05, 0) is 85.3 Å². The van der Waals surface area contributed by atoms with E-state index in [-0.39, 0.29) is 52.0 Å². The van der Waals surface area contributed by atoms with Crippen LogP contribution in [0.3, 0.4) is 0 Å². The molecule has 0 spiro atoms. The number of rotatable bonds is 12. The maximum Gasteiger partial charge on any atom is 0.415 e. The van der Waals surface area contributed by atoms with E-state index in [0.29, 0.717) is 45.0 Å². The average molecular weight is 755 g/mol. The Hall–Kier alpha value is -4.78. The van der Waals surface area contributed by atoms with Gasteiger partial charge in [0.15, 0.2) is 29.7 Å². The maximum atomic E-state index is 15.7. The Morgan fingerprint density at radius 3 is 2.29 bits per heavy atom. The van der Waals surface area contributed by atoms with Crippen molar-refractivity contribution in [2.45, 2.75) is 37.8 Å². The number of aromatic nitrogens is 1. The van der Waals surface area contributed by atoms with Crippen molar-refractivity contribution in [1.82, 2.24) is 4.90 Å². The molecule has 11 nitrogen and oxygen atoms in total. The fourth-order valence-electron chi connectivity index (χ4n) is 7.10. The number of hydrogen-bond donors (Lipinski definition) is 1. The number of amides is 1. The van der Waals surface area contributed by atoms with Gasteiger partial charge in [-0.15, -0.1) is 0 Å². The van der Waals surface area contributed by atoms with E-state index in [0.717, 1.165) is 25.9 Å². The second-order valence-electron chi connectivity index (χ2n) is 12.9. The molecule has 4 heterocycles. The van der Waals surface area contributed by atoms with Gasteiger partial charge in [-0.3, -0.25) is 9.80 Å². The Morgan fingerprint density at radius 2 is 1.69 bits per heavy atom. The van der Waals surface area contributed by atoms with Crippen LogP contribution < -0.4 is 23.8 Å². The summed E-state index contributed by atoms with van der Waals surface area (Å²) < 4.78 is 38.4. The number of carboxylic acid groups (broad SMARTS) is 1. The van der Waals surface area contributed by atoms with E-state index in [1.54, 1.807) is 36.4 Å². The topological polar surface area (TPSA) is 125 Å². The van der Waals surface area contributed by atoms with Crippen molar-refractivity contribution < 1.29 is 42.8 Å². The number of fused-ring (bicyclic) bond motifs is 3. The molecule has 3 fully saturated rings. The van der Waals surface area contributed by atoms with Crippen molar-refractivity contribution in [2.75, 3.05) is 45.9 Å². The fourth-order valence-corrected chi connectivity index (χ4v) is 7.70. The Kier molecular flexibility index (Phi) is 11.3.